The molecular weight excluding hydrogens is 294 g/mol. The predicted octanol–water partition coefficient (Wildman–Crippen LogP) is 4.88. The van der Waals surface area contributed by atoms with Gasteiger partial charge in [-0.05, 0) is 12.8 Å². The molecule has 2 heteroatoms. The molecule has 0 spiro atoms. The second-order valence-electron chi connectivity index (χ2n) is 7.01. The molecule has 0 N–H and O–H groups in total. The molecule has 3 saturated heterocycles. The second-order valence-corrected chi connectivity index (χ2v) is 9.16. The van der Waals surface area contributed by atoms with E-state index in [1.807, 2.05) is 0 Å². The molecule has 3 atom stereocenters. The highest BCUT2D eigenvalue weighted by Crippen LogP contribution is 2.73. The van der Waals surface area contributed by atoms with Gasteiger partial charge in [-0.25, -0.2) is 0 Å². The number of alkyl halides is 1. The second kappa shape index (κ2) is 3.17. The first-order chi connectivity index (χ1) is 6.99. The molecular formula is C13H22BI. The van der Waals surface area contributed by atoms with Gasteiger partial charge >= 0.3 is 0 Å². The van der Waals surface area contributed by atoms with Gasteiger partial charge in [0.15, 0.2) is 6.71 Å². The standard InChI is InChI=1S/C13H22BI/c1-11-6-3-4-9-13(15)10-12(2,14(11)13)8-5-7-11/h3-10H2,1-2H3. The first kappa shape index (κ1) is 10.9. The third-order valence-corrected chi connectivity index (χ3v) is 7.24. The maximum Gasteiger partial charge on any atom is 0.171 e. The van der Waals surface area contributed by atoms with E-state index in [1.54, 1.807) is 0 Å². The van der Waals surface area contributed by atoms with Gasteiger partial charge in [0.05, 0.1) is 0 Å². The van der Waals surface area contributed by atoms with Gasteiger partial charge in [-0.2, -0.15) is 0 Å². The van der Waals surface area contributed by atoms with Crippen molar-refractivity contribution in [2.24, 2.45) is 0 Å². The molecule has 84 valence electrons. The van der Waals surface area contributed by atoms with Crippen LogP contribution in [0.5, 0.6) is 0 Å². The largest absolute Gasteiger partial charge is 0.171 e. The monoisotopic (exact) mass is 316 g/mol. The minimum Gasteiger partial charge on any atom is -0.0879 e. The summed E-state index contributed by atoms with van der Waals surface area (Å²) in [5.74, 6) is 0. The average molecular weight is 316 g/mol. The van der Waals surface area contributed by atoms with Gasteiger partial charge < -0.3 is 0 Å². The van der Waals surface area contributed by atoms with Crippen molar-refractivity contribution < 1.29 is 0 Å². The Morgan fingerprint density at radius 1 is 0.867 bits per heavy atom. The molecule has 3 fully saturated rings. The van der Waals surface area contributed by atoms with Crippen molar-refractivity contribution in [2.45, 2.75) is 79.2 Å². The molecule has 0 nitrogen and oxygen atoms in total. The molecule has 3 unspecified atom stereocenters. The minimum atomic E-state index is 0.693. The fourth-order valence-electron chi connectivity index (χ4n) is 5.56. The Morgan fingerprint density at radius 2 is 1.47 bits per heavy atom. The smallest absolute Gasteiger partial charge is 0.0879 e. The lowest BCUT2D eigenvalue weighted by atomic mass is 9.06. The van der Waals surface area contributed by atoms with Crippen LogP contribution in [0.2, 0.25) is 10.6 Å². The minimum absolute atomic E-state index is 0.693. The number of hydrogen-bond acceptors (Lipinski definition) is 0. The van der Waals surface area contributed by atoms with Crippen LogP contribution >= 0.6 is 22.6 Å². The Bertz CT molecular complexity index is 292. The average Bonchev–Trinajstić information content (AvgIpc) is 2.21. The van der Waals surface area contributed by atoms with Crippen LogP contribution in [0.1, 0.15) is 65.2 Å². The zero-order valence-corrected chi connectivity index (χ0v) is 12.3. The third kappa shape index (κ3) is 1.39. The van der Waals surface area contributed by atoms with Crippen LogP contribution in [0.25, 0.3) is 0 Å². The Hall–Kier alpha value is 0.795. The molecule has 3 aliphatic heterocycles. The normalized spacial score (nSPS) is 54.2. The van der Waals surface area contributed by atoms with Crippen LogP contribution in [-0.4, -0.2) is 10.0 Å². The highest BCUT2D eigenvalue weighted by Gasteiger charge is 2.68. The van der Waals surface area contributed by atoms with E-state index in [-0.39, 0.29) is 0 Å². The summed E-state index contributed by atoms with van der Waals surface area (Å²) in [5.41, 5.74) is 0. The maximum atomic E-state index is 2.84. The van der Waals surface area contributed by atoms with Gasteiger partial charge in [-0.1, -0.05) is 85.6 Å². The van der Waals surface area contributed by atoms with Crippen molar-refractivity contribution in [3.8, 4) is 0 Å². The molecule has 3 rings (SSSR count). The van der Waals surface area contributed by atoms with Crippen molar-refractivity contribution >= 4 is 29.3 Å². The summed E-state index contributed by atoms with van der Waals surface area (Å²) >= 11 is 2.84. The quantitative estimate of drug-likeness (QED) is 0.339. The molecule has 0 saturated carbocycles. The SMILES string of the molecule is CC12CCCCC3(I)CC(C)(CCC1)B23. The first-order valence-corrected chi connectivity index (χ1v) is 7.76. The third-order valence-electron chi connectivity index (χ3n) is 5.69. The van der Waals surface area contributed by atoms with Gasteiger partial charge in [-0.15, -0.1) is 0 Å². The summed E-state index contributed by atoms with van der Waals surface area (Å²) in [6.07, 6.45) is 12.0. The molecule has 0 bridgehead atoms. The molecule has 0 aromatic carbocycles. The fourth-order valence-corrected chi connectivity index (χ4v) is 8.31. The van der Waals surface area contributed by atoms with Gasteiger partial charge in [0.25, 0.3) is 0 Å². The fraction of sp³-hybridized carbons (Fsp3) is 1.00. The molecule has 0 aromatic rings. The number of rotatable bonds is 0. The summed E-state index contributed by atoms with van der Waals surface area (Å²) in [4.78, 5) is 0. The van der Waals surface area contributed by atoms with Crippen LogP contribution in [0.15, 0.2) is 0 Å². The van der Waals surface area contributed by atoms with Crippen LogP contribution in [-0.2, 0) is 0 Å². The Kier molecular flexibility index (Phi) is 2.31. The summed E-state index contributed by atoms with van der Waals surface area (Å²) in [5, 5.41) is 1.42. The topological polar surface area (TPSA) is 0 Å². The molecule has 0 aliphatic carbocycles. The van der Waals surface area contributed by atoms with Crippen molar-refractivity contribution in [1.29, 1.82) is 0 Å². The van der Waals surface area contributed by atoms with Crippen LogP contribution in [0.4, 0.5) is 0 Å². The van der Waals surface area contributed by atoms with E-state index < -0.39 is 0 Å². The maximum absolute atomic E-state index is 2.84. The van der Waals surface area contributed by atoms with E-state index in [1.165, 1.54) is 51.4 Å². The van der Waals surface area contributed by atoms with E-state index in [4.69, 9.17) is 0 Å². The van der Waals surface area contributed by atoms with E-state index in [0.717, 1.165) is 12.0 Å². The van der Waals surface area contributed by atoms with Crippen LogP contribution < -0.4 is 0 Å². The molecule has 0 amide bonds. The van der Waals surface area contributed by atoms with E-state index in [2.05, 4.69) is 36.4 Å². The first-order valence-electron chi connectivity index (χ1n) is 6.68. The predicted molar refractivity (Wildman–Crippen MR) is 76.2 cm³/mol. The zero-order chi connectivity index (χ0) is 10.7. The lowest BCUT2D eigenvalue weighted by molar-refractivity contribution is 0.305. The summed E-state index contributed by atoms with van der Waals surface area (Å²) in [7, 11) is 0. The summed E-state index contributed by atoms with van der Waals surface area (Å²) < 4.78 is 0.693. The highest BCUT2D eigenvalue weighted by molar-refractivity contribution is 14.1. The van der Waals surface area contributed by atoms with Crippen molar-refractivity contribution in [3.63, 3.8) is 0 Å². The molecule has 3 heterocycles. The van der Waals surface area contributed by atoms with Crippen molar-refractivity contribution in [1.82, 2.24) is 0 Å². The Morgan fingerprint density at radius 3 is 2.27 bits per heavy atom. The van der Waals surface area contributed by atoms with Gasteiger partial charge in [-0.3, -0.25) is 0 Å². The zero-order valence-electron chi connectivity index (χ0n) is 10.1. The van der Waals surface area contributed by atoms with Crippen LogP contribution in [0.3, 0.4) is 0 Å². The van der Waals surface area contributed by atoms with Crippen molar-refractivity contribution in [3.05, 3.63) is 0 Å². The van der Waals surface area contributed by atoms with Crippen LogP contribution in [0, 0.1) is 0 Å². The van der Waals surface area contributed by atoms with Gasteiger partial charge in [0, 0.05) is 3.32 Å². The molecule has 15 heavy (non-hydrogen) atoms. The summed E-state index contributed by atoms with van der Waals surface area (Å²) in [6.45, 7) is 6.22. The highest BCUT2D eigenvalue weighted by atomic mass is 127. The molecule has 0 aromatic heterocycles. The number of hydrogen-bond donors (Lipinski definition) is 0. The lowest BCUT2D eigenvalue weighted by Crippen LogP contribution is -2.66. The Balaban J connectivity index is 2.00. The van der Waals surface area contributed by atoms with E-state index in [9.17, 15) is 0 Å². The molecule has 0 radical (unpaired) electrons. The molecule has 3 aliphatic rings. The lowest BCUT2D eigenvalue weighted by Gasteiger charge is -2.65. The number of halogens is 1. The van der Waals surface area contributed by atoms with Crippen molar-refractivity contribution in [2.75, 3.05) is 0 Å². The summed E-state index contributed by atoms with van der Waals surface area (Å²) in [6, 6.07) is 0. The van der Waals surface area contributed by atoms with E-state index >= 15 is 0 Å². The van der Waals surface area contributed by atoms with Gasteiger partial charge in [0.2, 0.25) is 0 Å². The van der Waals surface area contributed by atoms with E-state index in [0.29, 0.717) is 8.64 Å². The van der Waals surface area contributed by atoms with Gasteiger partial charge in [0.1, 0.15) is 0 Å². The Labute approximate surface area is 108 Å².